The van der Waals surface area contributed by atoms with Crippen LogP contribution in [0.5, 0.6) is 0 Å². The van der Waals surface area contributed by atoms with Gasteiger partial charge in [0.05, 0.1) is 0 Å². The van der Waals surface area contributed by atoms with Crippen LogP contribution >= 0.6 is 11.8 Å². The van der Waals surface area contributed by atoms with Crippen LogP contribution in [0.2, 0.25) is 0 Å². The van der Waals surface area contributed by atoms with Gasteiger partial charge in [-0.3, -0.25) is 4.79 Å². The molecule has 1 N–H and O–H groups in total. The van der Waals surface area contributed by atoms with Crippen LogP contribution in [0.3, 0.4) is 0 Å². The van der Waals surface area contributed by atoms with E-state index < -0.39 is 11.2 Å². The van der Waals surface area contributed by atoms with E-state index >= 15 is 0 Å². The first kappa shape index (κ1) is 14.7. The number of carboxylic acids is 1. The van der Waals surface area contributed by atoms with Crippen molar-refractivity contribution < 1.29 is 9.90 Å². The minimum Gasteiger partial charge on any atom is -0.480 e. The van der Waals surface area contributed by atoms with Crippen LogP contribution in [0.4, 0.5) is 0 Å². The Bertz CT molecular complexity index is 573. The van der Waals surface area contributed by atoms with Crippen LogP contribution in [-0.2, 0) is 11.2 Å². The number of rotatable bonds is 5. The molecule has 0 aliphatic rings. The zero-order valence-corrected chi connectivity index (χ0v) is 12.5. The molecule has 0 saturated heterocycles. The van der Waals surface area contributed by atoms with E-state index in [0.29, 0.717) is 6.42 Å². The molecule has 0 aliphatic heterocycles. The van der Waals surface area contributed by atoms with E-state index in [-0.39, 0.29) is 0 Å². The lowest BCUT2D eigenvalue weighted by molar-refractivity contribution is -0.136. The van der Waals surface area contributed by atoms with Crippen LogP contribution < -0.4 is 0 Å². The number of aliphatic carboxylic acids is 1. The predicted octanol–water partition coefficient (Wildman–Crippen LogP) is 4.09. The second-order valence-electron chi connectivity index (χ2n) is 4.83. The lowest BCUT2D eigenvalue weighted by atomic mass is 9.98. The van der Waals surface area contributed by atoms with Crippen molar-refractivity contribution in [3.8, 4) is 0 Å². The number of hydrogen-bond donors (Lipinski definition) is 1. The molecule has 0 spiro atoms. The van der Waals surface area contributed by atoms with Gasteiger partial charge < -0.3 is 5.11 Å². The third-order valence-electron chi connectivity index (χ3n) is 3.33. The lowest BCUT2D eigenvalue weighted by Gasteiger charge is -2.15. The number of hydrogen-bond acceptors (Lipinski definition) is 2. The summed E-state index contributed by atoms with van der Waals surface area (Å²) in [5.74, 6) is -0.762. The minimum absolute atomic E-state index is 0.461. The summed E-state index contributed by atoms with van der Waals surface area (Å²) in [7, 11) is 0. The third kappa shape index (κ3) is 3.64. The highest BCUT2D eigenvalue weighted by atomic mass is 32.2. The summed E-state index contributed by atoms with van der Waals surface area (Å²) in [5, 5.41) is 9.00. The van der Waals surface area contributed by atoms with Crippen LogP contribution in [0.15, 0.2) is 53.4 Å². The predicted molar refractivity (Wildman–Crippen MR) is 83.3 cm³/mol. The van der Waals surface area contributed by atoms with Gasteiger partial charge in [0.15, 0.2) is 0 Å². The molecule has 0 saturated carbocycles. The van der Waals surface area contributed by atoms with E-state index in [1.807, 2.05) is 62.4 Å². The Kier molecular flexibility index (Phi) is 4.85. The SMILES string of the molecule is Cc1cccc(C)c1C[C@@H](Sc1ccccc1)C(=O)O. The molecule has 104 valence electrons. The van der Waals surface area contributed by atoms with E-state index in [2.05, 4.69) is 0 Å². The minimum atomic E-state index is -0.762. The normalized spacial score (nSPS) is 12.1. The lowest BCUT2D eigenvalue weighted by Crippen LogP contribution is -2.20. The van der Waals surface area contributed by atoms with Gasteiger partial charge in [-0.1, -0.05) is 36.4 Å². The van der Waals surface area contributed by atoms with Crippen molar-refractivity contribution in [1.82, 2.24) is 0 Å². The van der Waals surface area contributed by atoms with Crippen molar-refractivity contribution in [3.05, 3.63) is 65.2 Å². The summed E-state index contributed by atoms with van der Waals surface area (Å²) in [5.41, 5.74) is 3.46. The average Bonchev–Trinajstić information content (AvgIpc) is 2.42. The van der Waals surface area contributed by atoms with Gasteiger partial charge in [0.25, 0.3) is 0 Å². The van der Waals surface area contributed by atoms with Crippen LogP contribution in [0.25, 0.3) is 0 Å². The summed E-state index contributed by atoms with van der Waals surface area (Å²) in [6, 6.07) is 15.8. The summed E-state index contributed by atoms with van der Waals surface area (Å²) < 4.78 is 0. The first-order valence-corrected chi connectivity index (χ1v) is 7.45. The quantitative estimate of drug-likeness (QED) is 0.841. The van der Waals surface area contributed by atoms with Gasteiger partial charge >= 0.3 is 5.97 Å². The molecule has 0 bridgehead atoms. The van der Waals surface area contributed by atoms with Gasteiger partial charge in [0.2, 0.25) is 0 Å². The molecule has 2 aromatic carbocycles. The van der Waals surface area contributed by atoms with Gasteiger partial charge in [0.1, 0.15) is 5.25 Å². The van der Waals surface area contributed by atoms with Gasteiger partial charge in [-0.05, 0) is 49.1 Å². The first-order valence-electron chi connectivity index (χ1n) is 6.57. The van der Waals surface area contributed by atoms with Crippen LogP contribution in [-0.4, -0.2) is 16.3 Å². The maximum Gasteiger partial charge on any atom is 0.317 e. The molecule has 0 radical (unpaired) electrons. The van der Waals surface area contributed by atoms with Crippen molar-refractivity contribution in [2.24, 2.45) is 0 Å². The van der Waals surface area contributed by atoms with E-state index in [9.17, 15) is 9.90 Å². The highest BCUT2D eigenvalue weighted by Gasteiger charge is 2.21. The molecule has 3 heteroatoms. The third-order valence-corrected chi connectivity index (χ3v) is 4.53. The fourth-order valence-corrected chi connectivity index (χ4v) is 3.19. The Morgan fingerprint density at radius 1 is 1.05 bits per heavy atom. The molecule has 1 atom stereocenters. The second kappa shape index (κ2) is 6.62. The maximum absolute atomic E-state index is 11.5. The number of benzene rings is 2. The Labute approximate surface area is 123 Å². The van der Waals surface area contributed by atoms with Crippen molar-refractivity contribution in [3.63, 3.8) is 0 Å². The molecule has 2 aromatic rings. The van der Waals surface area contributed by atoms with Crippen molar-refractivity contribution in [1.29, 1.82) is 0 Å². The van der Waals surface area contributed by atoms with E-state index in [1.165, 1.54) is 11.8 Å². The highest BCUT2D eigenvalue weighted by Crippen LogP contribution is 2.27. The number of aryl methyl sites for hydroxylation is 2. The summed E-state index contributed by atoms with van der Waals surface area (Å²) >= 11 is 1.41. The Morgan fingerprint density at radius 3 is 2.20 bits per heavy atom. The Balaban J connectivity index is 2.20. The van der Waals surface area contributed by atoms with Gasteiger partial charge in [-0.2, -0.15) is 0 Å². The molecule has 0 aromatic heterocycles. The zero-order chi connectivity index (χ0) is 14.5. The molecule has 2 rings (SSSR count). The van der Waals surface area contributed by atoms with E-state index in [0.717, 1.165) is 21.6 Å². The maximum atomic E-state index is 11.5. The van der Waals surface area contributed by atoms with Crippen molar-refractivity contribution in [2.45, 2.75) is 30.4 Å². The fraction of sp³-hybridized carbons (Fsp3) is 0.235. The molecule has 0 amide bonds. The summed E-state index contributed by atoms with van der Waals surface area (Å²) in [6.45, 7) is 4.07. The topological polar surface area (TPSA) is 37.3 Å². The molecule has 0 unspecified atom stereocenters. The smallest absolute Gasteiger partial charge is 0.317 e. The Hall–Kier alpha value is -1.74. The zero-order valence-electron chi connectivity index (χ0n) is 11.7. The molecule has 0 heterocycles. The van der Waals surface area contributed by atoms with Crippen LogP contribution in [0, 0.1) is 13.8 Å². The molecular formula is C17H18O2S. The fourth-order valence-electron chi connectivity index (χ4n) is 2.20. The molecule has 0 aliphatic carbocycles. The molecule has 2 nitrogen and oxygen atoms in total. The van der Waals surface area contributed by atoms with Gasteiger partial charge in [-0.25, -0.2) is 0 Å². The van der Waals surface area contributed by atoms with E-state index in [1.54, 1.807) is 0 Å². The Morgan fingerprint density at radius 2 is 1.65 bits per heavy atom. The molecule has 0 fully saturated rings. The first-order chi connectivity index (χ1) is 9.58. The standard InChI is InChI=1S/C17H18O2S/c1-12-7-6-8-13(2)15(12)11-16(17(18)19)20-14-9-4-3-5-10-14/h3-10,16H,11H2,1-2H3,(H,18,19)/t16-/m1/s1. The van der Waals surface area contributed by atoms with Crippen molar-refractivity contribution >= 4 is 17.7 Å². The molecule has 20 heavy (non-hydrogen) atoms. The molecular weight excluding hydrogens is 268 g/mol. The average molecular weight is 286 g/mol. The number of carboxylic acid groups (broad SMARTS) is 1. The monoisotopic (exact) mass is 286 g/mol. The summed E-state index contributed by atoms with van der Waals surface area (Å²) in [4.78, 5) is 12.5. The summed E-state index contributed by atoms with van der Waals surface area (Å²) in [6.07, 6.45) is 0.549. The number of thioether (sulfide) groups is 1. The van der Waals surface area contributed by atoms with Crippen LogP contribution in [0.1, 0.15) is 16.7 Å². The van der Waals surface area contributed by atoms with Gasteiger partial charge in [-0.15, -0.1) is 11.8 Å². The second-order valence-corrected chi connectivity index (χ2v) is 6.11. The van der Waals surface area contributed by atoms with Crippen molar-refractivity contribution in [2.75, 3.05) is 0 Å². The van der Waals surface area contributed by atoms with E-state index in [4.69, 9.17) is 0 Å². The number of carbonyl (C=O) groups is 1. The highest BCUT2D eigenvalue weighted by molar-refractivity contribution is 8.00. The largest absolute Gasteiger partial charge is 0.480 e. The van der Waals surface area contributed by atoms with Gasteiger partial charge in [0, 0.05) is 4.90 Å².